The molecule has 0 spiro atoms. The van der Waals surface area contributed by atoms with E-state index in [-0.39, 0.29) is 0 Å². The van der Waals surface area contributed by atoms with Crippen molar-refractivity contribution in [2.75, 3.05) is 6.61 Å². The highest BCUT2D eigenvalue weighted by molar-refractivity contribution is 4.80. The summed E-state index contributed by atoms with van der Waals surface area (Å²) in [5.74, 6) is 0. The highest BCUT2D eigenvalue weighted by Crippen LogP contribution is 2.21. The minimum Gasteiger partial charge on any atom is -0.378 e. The molecule has 0 amide bonds. The maximum absolute atomic E-state index is 5.75. The molecule has 100 valence electrons. The summed E-state index contributed by atoms with van der Waals surface area (Å²) in [4.78, 5) is 0. The van der Waals surface area contributed by atoms with E-state index in [0.29, 0.717) is 6.10 Å². The molecule has 1 saturated heterocycles. The molecular formula is C15H29NO. The SMILES string of the molecule is CCC1CC(NC2CCCCCCC2)CCO1. The van der Waals surface area contributed by atoms with Crippen molar-refractivity contribution in [3.63, 3.8) is 0 Å². The van der Waals surface area contributed by atoms with E-state index in [1.54, 1.807) is 0 Å². The van der Waals surface area contributed by atoms with Crippen molar-refractivity contribution in [1.29, 1.82) is 0 Å². The second kappa shape index (κ2) is 7.38. The van der Waals surface area contributed by atoms with Crippen molar-refractivity contribution >= 4 is 0 Å². The molecule has 1 heterocycles. The fraction of sp³-hybridized carbons (Fsp3) is 1.00. The van der Waals surface area contributed by atoms with Gasteiger partial charge in [-0.2, -0.15) is 0 Å². The molecule has 2 nitrogen and oxygen atoms in total. The minimum absolute atomic E-state index is 0.509. The molecule has 2 fully saturated rings. The van der Waals surface area contributed by atoms with Crippen LogP contribution in [0.5, 0.6) is 0 Å². The molecule has 0 radical (unpaired) electrons. The van der Waals surface area contributed by atoms with Crippen LogP contribution < -0.4 is 5.32 Å². The van der Waals surface area contributed by atoms with Crippen LogP contribution >= 0.6 is 0 Å². The van der Waals surface area contributed by atoms with Gasteiger partial charge in [-0.1, -0.05) is 39.0 Å². The van der Waals surface area contributed by atoms with Gasteiger partial charge in [0.2, 0.25) is 0 Å². The van der Waals surface area contributed by atoms with Gasteiger partial charge in [0.25, 0.3) is 0 Å². The van der Waals surface area contributed by atoms with Crippen LogP contribution in [0.1, 0.15) is 71.1 Å². The largest absolute Gasteiger partial charge is 0.378 e. The zero-order valence-corrected chi connectivity index (χ0v) is 11.4. The number of ether oxygens (including phenoxy) is 1. The topological polar surface area (TPSA) is 21.3 Å². The Labute approximate surface area is 107 Å². The van der Waals surface area contributed by atoms with Crippen LogP contribution in [-0.2, 0) is 4.74 Å². The van der Waals surface area contributed by atoms with Gasteiger partial charge in [0.05, 0.1) is 6.10 Å². The second-order valence-electron chi connectivity index (χ2n) is 5.83. The van der Waals surface area contributed by atoms with Crippen molar-refractivity contribution in [2.24, 2.45) is 0 Å². The maximum atomic E-state index is 5.75. The first-order valence-electron chi connectivity index (χ1n) is 7.76. The third kappa shape index (κ3) is 4.59. The molecule has 1 aliphatic heterocycles. The van der Waals surface area contributed by atoms with Gasteiger partial charge in [-0.25, -0.2) is 0 Å². The lowest BCUT2D eigenvalue weighted by molar-refractivity contribution is -0.00247. The average molecular weight is 239 g/mol. The third-order valence-electron chi connectivity index (χ3n) is 4.40. The molecule has 0 bridgehead atoms. The summed E-state index contributed by atoms with van der Waals surface area (Å²) < 4.78 is 5.75. The normalized spacial score (nSPS) is 33.0. The first kappa shape index (κ1) is 13.4. The number of hydrogen-bond donors (Lipinski definition) is 1. The van der Waals surface area contributed by atoms with Gasteiger partial charge < -0.3 is 10.1 Å². The average Bonchev–Trinajstić information content (AvgIpc) is 2.33. The molecule has 0 aromatic heterocycles. The van der Waals surface area contributed by atoms with E-state index < -0.39 is 0 Å². The van der Waals surface area contributed by atoms with Gasteiger partial charge in [0, 0.05) is 18.7 Å². The first-order valence-corrected chi connectivity index (χ1v) is 7.76. The van der Waals surface area contributed by atoms with Crippen molar-refractivity contribution in [3.05, 3.63) is 0 Å². The lowest BCUT2D eigenvalue weighted by Gasteiger charge is -2.33. The molecule has 1 saturated carbocycles. The Morgan fingerprint density at radius 3 is 2.35 bits per heavy atom. The van der Waals surface area contributed by atoms with E-state index in [2.05, 4.69) is 12.2 Å². The fourth-order valence-corrected chi connectivity index (χ4v) is 3.27. The lowest BCUT2D eigenvalue weighted by atomic mass is 9.94. The Balaban J connectivity index is 1.74. The Bertz CT molecular complexity index is 199. The van der Waals surface area contributed by atoms with Crippen LogP contribution in [-0.4, -0.2) is 24.8 Å². The zero-order valence-electron chi connectivity index (χ0n) is 11.4. The molecule has 2 unspecified atom stereocenters. The summed E-state index contributed by atoms with van der Waals surface area (Å²) in [6.45, 7) is 3.20. The van der Waals surface area contributed by atoms with E-state index in [9.17, 15) is 0 Å². The predicted octanol–water partition coefficient (Wildman–Crippen LogP) is 3.65. The van der Waals surface area contributed by atoms with Crippen LogP contribution in [0.25, 0.3) is 0 Å². The number of rotatable bonds is 3. The molecule has 1 aliphatic carbocycles. The van der Waals surface area contributed by atoms with E-state index in [1.165, 1.54) is 64.2 Å². The summed E-state index contributed by atoms with van der Waals surface area (Å²) in [5.41, 5.74) is 0. The molecular weight excluding hydrogens is 210 g/mol. The molecule has 1 N–H and O–H groups in total. The Morgan fingerprint density at radius 1 is 0.941 bits per heavy atom. The maximum Gasteiger partial charge on any atom is 0.0587 e. The highest BCUT2D eigenvalue weighted by Gasteiger charge is 2.23. The summed E-state index contributed by atoms with van der Waals surface area (Å²) in [7, 11) is 0. The van der Waals surface area contributed by atoms with Crippen molar-refractivity contribution < 1.29 is 4.74 Å². The highest BCUT2D eigenvalue weighted by atomic mass is 16.5. The summed E-state index contributed by atoms with van der Waals surface area (Å²) in [6.07, 6.45) is 14.1. The summed E-state index contributed by atoms with van der Waals surface area (Å²) in [5, 5.41) is 3.91. The van der Waals surface area contributed by atoms with Gasteiger partial charge in [0.1, 0.15) is 0 Å². The van der Waals surface area contributed by atoms with Crippen LogP contribution in [0.3, 0.4) is 0 Å². The van der Waals surface area contributed by atoms with Gasteiger partial charge in [-0.05, 0) is 32.1 Å². The molecule has 0 aromatic carbocycles. The smallest absolute Gasteiger partial charge is 0.0587 e. The second-order valence-corrected chi connectivity index (χ2v) is 5.83. The van der Waals surface area contributed by atoms with E-state index >= 15 is 0 Å². The van der Waals surface area contributed by atoms with Crippen LogP contribution in [0.2, 0.25) is 0 Å². The van der Waals surface area contributed by atoms with Crippen molar-refractivity contribution in [2.45, 2.75) is 89.3 Å². The van der Waals surface area contributed by atoms with Gasteiger partial charge in [-0.15, -0.1) is 0 Å². The predicted molar refractivity (Wildman–Crippen MR) is 72.3 cm³/mol. The monoisotopic (exact) mass is 239 g/mol. The van der Waals surface area contributed by atoms with E-state index in [4.69, 9.17) is 4.74 Å². The van der Waals surface area contributed by atoms with Gasteiger partial charge >= 0.3 is 0 Å². The molecule has 2 atom stereocenters. The first-order chi connectivity index (χ1) is 8.38. The number of nitrogens with one attached hydrogen (secondary N) is 1. The van der Waals surface area contributed by atoms with Gasteiger partial charge in [-0.3, -0.25) is 0 Å². The van der Waals surface area contributed by atoms with Crippen LogP contribution in [0.15, 0.2) is 0 Å². The summed E-state index contributed by atoms with van der Waals surface area (Å²) in [6, 6.07) is 1.51. The fourth-order valence-electron chi connectivity index (χ4n) is 3.27. The lowest BCUT2D eigenvalue weighted by Crippen LogP contribution is -2.44. The Morgan fingerprint density at radius 2 is 1.65 bits per heavy atom. The zero-order chi connectivity index (χ0) is 11.9. The van der Waals surface area contributed by atoms with Crippen LogP contribution in [0.4, 0.5) is 0 Å². The Kier molecular flexibility index (Phi) is 5.79. The third-order valence-corrected chi connectivity index (χ3v) is 4.40. The molecule has 2 heteroatoms. The minimum atomic E-state index is 0.509. The quantitative estimate of drug-likeness (QED) is 0.811. The molecule has 17 heavy (non-hydrogen) atoms. The molecule has 0 aromatic rings. The summed E-state index contributed by atoms with van der Waals surface area (Å²) >= 11 is 0. The Hall–Kier alpha value is -0.0800. The van der Waals surface area contributed by atoms with Crippen molar-refractivity contribution in [3.8, 4) is 0 Å². The number of hydrogen-bond acceptors (Lipinski definition) is 2. The van der Waals surface area contributed by atoms with Crippen molar-refractivity contribution in [1.82, 2.24) is 5.32 Å². The molecule has 2 rings (SSSR count). The molecule has 2 aliphatic rings. The van der Waals surface area contributed by atoms with E-state index in [1.807, 2.05) is 0 Å². The van der Waals surface area contributed by atoms with Gasteiger partial charge in [0.15, 0.2) is 0 Å². The standard InChI is InChI=1S/C15H29NO/c1-2-15-12-14(10-11-17-15)16-13-8-6-4-3-5-7-9-13/h13-16H,2-12H2,1H3. The van der Waals surface area contributed by atoms with Crippen LogP contribution in [0, 0.1) is 0 Å². The van der Waals surface area contributed by atoms with E-state index in [0.717, 1.165) is 18.7 Å².